The molecular weight excluding hydrogens is 194 g/mol. The molecule has 0 atom stereocenters. The lowest BCUT2D eigenvalue weighted by molar-refractivity contribution is 0.196. The lowest BCUT2D eigenvalue weighted by atomic mass is 10.1. The molecule has 0 bridgehead atoms. The SMILES string of the molecule is COc1cc2c(cc1OCCO)NCC2. The van der Waals surface area contributed by atoms with Crippen LogP contribution < -0.4 is 14.8 Å². The van der Waals surface area contributed by atoms with Gasteiger partial charge in [0, 0.05) is 18.3 Å². The number of nitrogens with one attached hydrogen (secondary N) is 1. The molecule has 4 heteroatoms. The summed E-state index contributed by atoms with van der Waals surface area (Å²) in [7, 11) is 1.62. The fourth-order valence-electron chi connectivity index (χ4n) is 1.73. The molecule has 0 saturated carbocycles. The minimum atomic E-state index is 0.00761. The van der Waals surface area contributed by atoms with Gasteiger partial charge in [-0.05, 0) is 18.1 Å². The zero-order valence-electron chi connectivity index (χ0n) is 8.75. The van der Waals surface area contributed by atoms with E-state index in [1.807, 2.05) is 12.1 Å². The number of benzene rings is 1. The van der Waals surface area contributed by atoms with Crippen LogP contribution in [-0.4, -0.2) is 32.0 Å². The van der Waals surface area contributed by atoms with E-state index in [9.17, 15) is 0 Å². The zero-order chi connectivity index (χ0) is 10.7. The molecule has 1 heterocycles. The first-order valence-corrected chi connectivity index (χ1v) is 5.03. The maximum absolute atomic E-state index is 8.70. The predicted octanol–water partition coefficient (Wildman–Crippen LogP) is 1.03. The predicted molar refractivity (Wildman–Crippen MR) is 57.8 cm³/mol. The lowest BCUT2D eigenvalue weighted by Gasteiger charge is -2.11. The topological polar surface area (TPSA) is 50.7 Å². The summed E-state index contributed by atoms with van der Waals surface area (Å²) in [6, 6.07) is 3.92. The fraction of sp³-hybridized carbons (Fsp3) is 0.455. The van der Waals surface area contributed by atoms with E-state index in [0.29, 0.717) is 5.75 Å². The van der Waals surface area contributed by atoms with E-state index < -0.39 is 0 Å². The van der Waals surface area contributed by atoms with Crippen LogP contribution in [0.1, 0.15) is 5.56 Å². The molecule has 0 radical (unpaired) electrons. The quantitative estimate of drug-likeness (QED) is 0.777. The molecule has 1 aliphatic rings. The summed E-state index contributed by atoms with van der Waals surface area (Å²) < 4.78 is 10.6. The van der Waals surface area contributed by atoms with E-state index in [-0.39, 0.29) is 13.2 Å². The summed E-state index contributed by atoms with van der Waals surface area (Å²) in [5.41, 5.74) is 2.35. The molecule has 0 amide bonds. The highest BCUT2D eigenvalue weighted by atomic mass is 16.5. The molecule has 1 aromatic carbocycles. The van der Waals surface area contributed by atoms with Crippen LogP contribution >= 0.6 is 0 Å². The summed E-state index contributed by atoms with van der Waals surface area (Å²) >= 11 is 0. The van der Waals surface area contributed by atoms with Gasteiger partial charge in [0.2, 0.25) is 0 Å². The molecule has 0 fully saturated rings. The van der Waals surface area contributed by atoms with Crippen molar-refractivity contribution < 1.29 is 14.6 Å². The van der Waals surface area contributed by atoms with Gasteiger partial charge in [-0.1, -0.05) is 0 Å². The van der Waals surface area contributed by atoms with Crippen molar-refractivity contribution in [2.24, 2.45) is 0 Å². The molecule has 0 saturated heterocycles. The highest BCUT2D eigenvalue weighted by molar-refractivity contribution is 5.63. The summed E-state index contributed by atoms with van der Waals surface area (Å²) in [4.78, 5) is 0. The second kappa shape index (κ2) is 4.40. The monoisotopic (exact) mass is 209 g/mol. The van der Waals surface area contributed by atoms with Crippen LogP contribution in [0.15, 0.2) is 12.1 Å². The van der Waals surface area contributed by atoms with Crippen LogP contribution in [0.5, 0.6) is 11.5 Å². The first kappa shape index (κ1) is 10.1. The summed E-state index contributed by atoms with van der Waals surface area (Å²) in [5, 5.41) is 12.0. The zero-order valence-corrected chi connectivity index (χ0v) is 8.75. The van der Waals surface area contributed by atoms with E-state index in [1.165, 1.54) is 5.56 Å². The number of rotatable bonds is 4. The molecule has 15 heavy (non-hydrogen) atoms. The minimum absolute atomic E-state index is 0.00761. The van der Waals surface area contributed by atoms with Gasteiger partial charge in [-0.25, -0.2) is 0 Å². The first-order chi connectivity index (χ1) is 7.35. The van der Waals surface area contributed by atoms with Crippen LogP contribution in [-0.2, 0) is 6.42 Å². The Morgan fingerprint density at radius 1 is 1.40 bits per heavy atom. The van der Waals surface area contributed by atoms with Crippen molar-refractivity contribution in [3.8, 4) is 11.5 Å². The van der Waals surface area contributed by atoms with Crippen molar-refractivity contribution in [3.05, 3.63) is 17.7 Å². The molecule has 1 aromatic rings. The summed E-state index contributed by atoms with van der Waals surface area (Å²) in [6.45, 7) is 1.25. The van der Waals surface area contributed by atoms with Gasteiger partial charge in [-0.15, -0.1) is 0 Å². The van der Waals surface area contributed by atoms with Crippen molar-refractivity contribution in [2.45, 2.75) is 6.42 Å². The molecule has 4 nitrogen and oxygen atoms in total. The van der Waals surface area contributed by atoms with Crippen molar-refractivity contribution in [2.75, 3.05) is 32.2 Å². The molecule has 2 N–H and O–H groups in total. The van der Waals surface area contributed by atoms with Crippen molar-refractivity contribution >= 4 is 5.69 Å². The van der Waals surface area contributed by atoms with Gasteiger partial charge in [-0.3, -0.25) is 0 Å². The van der Waals surface area contributed by atoms with Crippen LogP contribution in [0.25, 0.3) is 0 Å². The molecule has 0 aromatic heterocycles. The van der Waals surface area contributed by atoms with Crippen LogP contribution in [0, 0.1) is 0 Å². The molecule has 2 rings (SSSR count). The first-order valence-electron chi connectivity index (χ1n) is 5.03. The Bertz CT molecular complexity index is 352. The highest BCUT2D eigenvalue weighted by Crippen LogP contribution is 2.35. The maximum atomic E-state index is 8.70. The second-order valence-electron chi connectivity index (χ2n) is 3.41. The average molecular weight is 209 g/mol. The summed E-state index contributed by atoms with van der Waals surface area (Å²) in [6.07, 6.45) is 1.02. The highest BCUT2D eigenvalue weighted by Gasteiger charge is 2.15. The number of hydrogen-bond acceptors (Lipinski definition) is 4. The number of hydrogen-bond donors (Lipinski definition) is 2. The second-order valence-corrected chi connectivity index (χ2v) is 3.41. The van der Waals surface area contributed by atoms with E-state index in [0.717, 1.165) is 24.4 Å². The largest absolute Gasteiger partial charge is 0.493 e. The standard InChI is InChI=1S/C11H15NO3/c1-14-10-6-8-2-3-12-9(8)7-11(10)15-5-4-13/h6-7,12-13H,2-5H2,1H3. The molecule has 82 valence electrons. The fourth-order valence-corrected chi connectivity index (χ4v) is 1.73. The summed E-state index contributed by atoms with van der Waals surface area (Å²) in [5.74, 6) is 1.41. The van der Waals surface area contributed by atoms with Crippen molar-refractivity contribution in [1.29, 1.82) is 0 Å². The number of methoxy groups -OCH3 is 1. The smallest absolute Gasteiger partial charge is 0.163 e. The third-order valence-electron chi connectivity index (χ3n) is 2.45. The van der Waals surface area contributed by atoms with E-state index in [4.69, 9.17) is 14.6 Å². The van der Waals surface area contributed by atoms with E-state index in [1.54, 1.807) is 7.11 Å². The maximum Gasteiger partial charge on any atom is 0.163 e. The molecule has 0 unspecified atom stereocenters. The van der Waals surface area contributed by atoms with Gasteiger partial charge < -0.3 is 19.9 Å². The minimum Gasteiger partial charge on any atom is -0.493 e. The Kier molecular flexibility index (Phi) is 2.97. The Labute approximate surface area is 88.8 Å². The Balaban J connectivity index is 2.27. The number of aliphatic hydroxyl groups is 1. The third-order valence-corrected chi connectivity index (χ3v) is 2.45. The molecule has 0 aliphatic carbocycles. The normalized spacial score (nSPS) is 13.2. The Hall–Kier alpha value is -1.42. The van der Waals surface area contributed by atoms with Gasteiger partial charge in [-0.2, -0.15) is 0 Å². The van der Waals surface area contributed by atoms with Gasteiger partial charge in [0.15, 0.2) is 11.5 Å². The number of fused-ring (bicyclic) bond motifs is 1. The molecule has 1 aliphatic heterocycles. The van der Waals surface area contributed by atoms with Crippen LogP contribution in [0.4, 0.5) is 5.69 Å². The van der Waals surface area contributed by atoms with Gasteiger partial charge in [0.1, 0.15) is 6.61 Å². The third kappa shape index (κ3) is 1.99. The van der Waals surface area contributed by atoms with Crippen molar-refractivity contribution in [1.82, 2.24) is 0 Å². The van der Waals surface area contributed by atoms with E-state index in [2.05, 4.69) is 5.32 Å². The Morgan fingerprint density at radius 3 is 3.00 bits per heavy atom. The average Bonchev–Trinajstić information content (AvgIpc) is 2.71. The molecular formula is C11H15NO3. The van der Waals surface area contributed by atoms with E-state index >= 15 is 0 Å². The Morgan fingerprint density at radius 2 is 2.27 bits per heavy atom. The number of aliphatic hydroxyl groups excluding tert-OH is 1. The van der Waals surface area contributed by atoms with Crippen molar-refractivity contribution in [3.63, 3.8) is 0 Å². The van der Waals surface area contributed by atoms with Crippen LogP contribution in [0.3, 0.4) is 0 Å². The number of anilines is 1. The van der Waals surface area contributed by atoms with Gasteiger partial charge >= 0.3 is 0 Å². The van der Waals surface area contributed by atoms with Gasteiger partial charge in [0.05, 0.1) is 13.7 Å². The van der Waals surface area contributed by atoms with Gasteiger partial charge in [0.25, 0.3) is 0 Å². The lowest BCUT2D eigenvalue weighted by Crippen LogP contribution is -2.03. The number of ether oxygens (including phenoxy) is 2. The van der Waals surface area contributed by atoms with Crippen LogP contribution in [0.2, 0.25) is 0 Å². The molecule has 0 spiro atoms.